The van der Waals surface area contributed by atoms with Gasteiger partial charge in [0.15, 0.2) is 7.85 Å². The van der Waals surface area contributed by atoms with E-state index in [1.165, 1.54) is 0 Å². The maximum absolute atomic E-state index is 8.85. The van der Waals surface area contributed by atoms with E-state index in [4.69, 9.17) is 5.26 Å². The van der Waals surface area contributed by atoms with Gasteiger partial charge in [0.25, 0.3) is 0 Å². The molecule has 0 aliphatic rings. The number of hydrogen-bond acceptors (Lipinski definition) is 5. The molecule has 0 bridgehead atoms. The summed E-state index contributed by atoms with van der Waals surface area (Å²) in [5, 5.41) is 14.3. The zero-order valence-electron chi connectivity index (χ0n) is 10.6. The van der Waals surface area contributed by atoms with E-state index in [0.717, 1.165) is 34.6 Å². The molecule has 1 N–H and O–H groups in total. The molecule has 0 unspecified atom stereocenters. The van der Waals surface area contributed by atoms with Crippen molar-refractivity contribution in [2.24, 2.45) is 0 Å². The van der Waals surface area contributed by atoms with Gasteiger partial charge in [0.2, 0.25) is 0 Å². The number of anilines is 1. The van der Waals surface area contributed by atoms with Crippen LogP contribution in [-0.4, -0.2) is 23.9 Å². The molecule has 0 spiro atoms. The second-order valence-electron chi connectivity index (χ2n) is 4.25. The van der Waals surface area contributed by atoms with E-state index < -0.39 is 0 Å². The standard InChI is InChI=1S/C12H15BN4S/c1-2-3-8(4-6-14)15-11-10-9(5-7-18-10)16-12(13)17-11/h5,7-8H,2-4,13H2,1H3,(H,15,16,17)/t8-/m0/s1. The van der Waals surface area contributed by atoms with Crippen LogP contribution in [0.15, 0.2) is 11.4 Å². The van der Waals surface area contributed by atoms with Crippen LogP contribution in [0.5, 0.6) is 0 Å². The highest BCUT2D eigenvalue weighted by molar-refractivity contribution is 7.17. The molecule has 0 amide bonds. The average molecular weight is 258 g/mol. The monoisotopic (exact) mass is 258 g/mol. The molecule has 1 atom stereocenters. The van der Waals surface area contributed by atoms with E-state index in [0.29, 0.717) is 6.42 Å². The third-order valence-electron chi connectivity index (χ3n) is 2.73. The van der Waals surface area contributed by atoms with Crippen LogP contribution in [0.3, 0.4) is 0 Å². The van der Waals surface area contributed by atoms with Crippen molar-refractivity contribution >= 4 is 40.9 Å². The summed E-state index contributed by atoms with van der Waals surface area (Å²) in [7, 11) is 1.89. The molecule has 2 rings (SSSR count). The number of rotatable bonds is 5. The van der Waals surface area contributed by atoms with Crippen LogP contribution in [0.1, 0.15) is 26.2 Å². The van der Waals surface area contributed by atoms with Crippen molar-refractivity contribution in [2.75, 3.05) is 5.32 Å². The van der Waals surface area contributed by atoms with Crippen molar-refractivity contribution in [1.82, 2.24) is 9.97 Å². The molecular formula is C12H15BN4S. The summed E-state index contributed by atoms with van der Waals surface area (Å²) in [5.41, 5.74) is 1.73. The highest BCUT2D eigenvalue weighted by atomic mass is 32.1. The van der Waals surface area contributed by atoms with Gasteiger partial charge in [-0.3, -0.25) is 0 Å². The molecular weight excluding hydrogens is 243 g/mol. The van der Waals surface area contributed by atoms with Crippen molar-refractivity contribution in [1.29, 1.82) is 5.26 Å². The number of fused-ring (bicyclic) bond motifs is 1. The molecule has 92 valence electrons. The van der Waals surface area contributed by atoms with Crippen molar-refractivity contribution in [3.63, 3.8) is 0 Å². The van der Waals surface area contributed by atoms with Crippen molar-refractivity contribution in [3.05, 3.63) is 11.4 Å². The molecule has 0 saturated carbocycles. The topological polar surface area (TPSA) is 61.6 Å². The number of nitriles is 1. The van der Waals surface area contributed by atoms with Gasteiger partial charge in [-0.25, -0.2) is 9.97 Å². The SMILES string of the molecule is Bc1nc(N[C@H](CC#N)CCC)c2sccc2n1. The Morgan fingerprint density at radius 2 is 2.39 bits per heavy atom. The van der Waals surface area contributed by atoms with Crippen LogP contribution < -0.4 is 11.0 Å². The lowest BCUT2D eigenvalue weighted by atomic mass is 10.1. The number of nitrogens with one attached hydrogen (secondary N) is 1. The minimum absolute atomic E-state index is 0.166. The van der Waals surface area contributed by atoms with Crippen LogP contribution in [0.2, 0.25) is 0 Å². The largest absolute Gasteiger partial charge is 0.365 e. The van der Waals surface area contributed by atoms with Crippen LogP contribution in [0, 0.1) is 11.3 Å². The van der Waals surface area contributed by atoms with Crippen LogP contribution in [0.25, 0.3) is 10.2 Å². The lowest BCUT2D eigenvalue weighted by molar-refractivity contribution is 0.651. The maximum Gasteiger partial charge on any atom is 0.189 e. The first-order chi connectivity index (χ1) is 8.74. The van der Waals surface area contributed by atoms with E-state index in [2.05, 4.69) is 28.3 Å². The first-order valence-electron chi connectivity index (χ1n) is 6.10. The van der Waals surface area contributed by atoms with Gasteiger partial charge in [-0.05, 0) is 17.9 Å². The number of aromatic nitrogens is 2. The lowest BCUT2D eigenvalue weighted by Crippen LogP contribution is -2.22. The van der Waals surface area contributed by atoms with Crippen LogP contribution >= 0.6 is 11.3 Å². The fraction of sp³-hybridized carbons (Fsp3) is 0.417. The highest BCUT2D eigenvalue weighted by Crippen LogP contribution is 2.25. The van der Waals surface area contributed by atoms with Gasteiger partial charge >= 0.3 is 0 Å². The van der Waals surface area contributed by atoms with E-state index in [1.54, 1.807) is 11.3 Å². The lowest BCUT2D eigenvalue weighted by Gasteiger charge is -2.16. The van der Waals surface area contributed by atoms with E-state index in [-0.39, 0.29) is 6.04 Å². The smallest absolute Gasteiger partial charge is 0.189 e. The van der Waals surface area contributed by atoms with Crippen molar-refractivity contribution in [2.45, 2.75) is 32.2 Å². The first-order valence-corrected chi connectivity index (χ1v) is 6.98. The van der Waals surface area contributed by atoms with E-state index in [9.17, 15) is 0 Å². The summed E-state index contributed by atoms with van der Waals surface area (Å²) < 4.78 is 1.07. The fourth-order valence-electron chi connectivity index (χ4n) is 1.95. The second kappa shape index (κ2) is 5.83. The molecule has 2 heterocycles. The molecule has 2 aromatic heterocycles. The van der Waals surface area contributed by atoms with Gasteiger partial charge in [0.1, 0.15) is 5.82 Å². The number of nitrogens with zero attached hydrogens (tertiary/aromatic N) is 3. The van der Waals surface area contributed by atoms with Gasteiger partial charge in [-0.1, -0.05) is 13.3 Å². The third kappa shape index (κ3) is 2.80. The molecule has 0 fully saturated rings. The van der Waals surface area contributed by atoms with E-state index >= 15 is 0 Å². The van der Waals surface area contributed by atoms with Gasteiger partial charge in [0.05, 0.1) is 28.4 Å². The zero-order chi connectivity index (χ0) is 13.0. The summed E-state index contributed by atoms with van der Waals surface area (Å²) in [6.45, 7) is 2.12. The molecule has 0 aromatic carbocycles. The predicted octanol–water partition coefficient (Wildman–Crippen LogP) is 1.44. The highest BCUT2D eigenvalue weighted by Gasteiger charge is 2.12. The minimum atomic E-state index is 0.166. The Bertz CT molecular complexity index is 575. The minimum Gasteiger partial charge on any atom is -0.365 e. The summed E-state index contributed by atoms with van der Waals surface area (Å²) in [4.78, 5) is 8.85. The zero-order valence-corrected chi connectivity index (χ0v) is 11.4. The number of thiophene rings is 1. The van der Waals surface area contributed by atoms with Crippen LogP contribution in [0.4, 0.5) is 5.82 Å². The van der Waals surface area contributed by atoms with Gasteiger partial charge in [0, 0.05) is 6.04 Å². The Morgan fingerprint density at radius 1 is 1.56 bits per heavy atom. The summed E-state index contributed by atoms with van der Waals surface area (Å²) >= 11 is 1.63. The Hall–Kier alpha value is -1.61. The average Bonchev–Trinajstić information content (AvgIpc) is 2.77. The predicted molar refractivity (Wildman–Crippen MR) is 78.1 cm³/mol. The Labute approximate surface area is 111 Å². The molecule has 6 heteroatoms. The molecule has 4 nitrogen and oxygen atoms in total. The summed E-state index contributed by atoms with van der Waals surface area (Å²) in [6, 6.07) is 4.39. The third-order valence-corrected chi connectivity index (χ3v) is 3.64. The van der Waals surface area contributed by atoms with Gasteiger partial charge < -0.3 is 5.32 Å². The Kier molecular flexibility index (Phi) is 4.16. The Balaban J connectivity index is 2.29. The van der Waals surface area contributed by atoms with Gasteiger partial charge in [-0.15, -0.1) is 11.3 Å². The molecule has 0 aliphatic heterocycles. The summed E-state index contributed by atoms with van der Waals surface area (Å²) in [5.74, 6) is 0.862. The second-order valence-corrected chi connectivity index (χ2v) is 5.16. The van der Waals surface area contributed by atoms with Crippen molar-refractivity contribution < 1.29 is 0 Å². The molecule has 0 radical (unpaired) electrons. The molecule has 0 aliphatic carbocycles. The van der Waals surface area contributed by atoms with Crippen molar-refractivity contribution in [3.8, 4) is 6.07 Å². The van der Waals surface area contributed by atoms with Gasteiger partial charge in [-0.2, -0.15) is 5.26 Å². The maximum atomic E-state index is 8.85. The first kappa shape index (κ1) is 12.8. The Morgan fingerprint density at radius 3 is 3.11 bits per heavy atom. The quantitative estimate of drug-likeness (QED) is 0.824. The normalized spacial score (nSPS) is 12.2. The molecule has 2 aromatic rings. The molecule has 18 heavy (non-hydrogen) atoms. The van der Waals surface area contributed by atoms with E-state index in [1.807, 2.05) is 19.3 Å². The molecule has 0 saturated heterocycles. The summed E-state index contributed by atoms with van der Waals surface area (Å²) in [6.07, 6.45) is 2.53. The van der Waals surface area contributed by atoms with Crippen LogP contribution in [-0.2, 0) is 0 Å². The number of hydrogen-bond donors (Lipinski definition) is 1. The fourth-order valence-corrected chi connectivity index (χ4v) is 2.74.